The molecule has 3 nitrogen and oxygen atoms in total. The van der Waals surface area contributed by atoms with Crippen molar-refractivity contribution in [2.24, 2.45) is 46.3 Å². The van der Waals surface area contributed by atoms with Crippen molar-refractivity contribution >= 4 is 6.16 Å². The van der Waals surface area contributed by atoms with Gasteiger partial charge in [0, 0.05) is 6.42 Å². The van der Waals surface area contributed by atoms with Crippen molar-refractivity contribution in [3.8, 4) is 0 Å². The minimum Gasteiger partial charge on any atom is -0.438 e. The zero-order valence-corrected chi connectivity index (χ0v) is 21.6. The Morgan fingerprint density at radius 2 is 1.84 bits per heavy atom. The standard InChI is InChI=1S/C29H48O3/c1-19(2)8-7-9-20(3)24-12-13-25-23-11-10-21-18-22(32-27(30)31-6)14-16-28(21,4)26(23)15-17-29(24,25)5/h10,19-20,22-26H,7-9,11-18H2,1-6H3/t20-,22-,23-,24+,25-,26-,28-,29-/m1/s1. The Morgan fingerprint density at radius 3 is 2.56 bits per heavy atom. The van der Waals surface area contributed by atoms with E-state index in [9.17, 15) is 4.79 Å². The maximum absolute atomic E-state index is 11.6. The Balaban J connectivity index is 1.45. The summed E-state index contributed by atoms with van der Waals surface area (Å²) in [7, 11) is 1.40. The highest BCUT2D eigenvalue weighted by Crippen LogP contribution is 2.67. The second kappa shape index (κ2) is 9.34. The van der Waals surface area contributed by atoms with E-state index >= 15 is 0 Å². The van der Waals surface area contributed by atoms with Crippen molar-refractivity contribution in [3.63, 3.8) is 0 Å². The molecule has 3 heteroatoms. The molecule has 0 spiro atoms. The van der Waals surface area contributed by atoms with Gasteiger partial charge in [0.2, 0.25) is 0 Å². The number of hydrogen-bond donors (Lipinski definition) is 0. The van der Waals surface area contributed by atoms with Gasteiger partial charge in [-0.1, -0.05) is 65.5 Å². The first-order valence-electron chi connectivity index (χ1n) is 13.6. The quantitative estimate of drug-likeness (QED) is 0.306. The highest BCUT2D eigenvalue weighted by Gasteiger charge is 2.59. The number of allylic oxidation sites excluding steroid dienone is 1. The highest BCUT2D eigenvalue weighted by atomic mass is 16.7. The smallest absolute Gasteiger partial charge is 0.438 e. The normalized spacial score (nSPS) is 41.8. The molecule has 0 radical (unpaired) electrons. The monoisotopic (exact) mass is 444 g/mol. The van der Waals surface area contributed by atoms with Gasteiger partial charge in [-0.25, -0.2) is 4.79 Å². The molecular weight excluding hydrogens is 396 g/mol. The van der Waals surface area contributed by atoms with Gasteiger partial charge in [0.05, 0.1) is 7.11 Å². The lowest BCUT2D eigenvalue weighted by molar-refractivity contribution is -0.0608. The van der Waals surface area contributed by atoms with E-state index in [-0.39, 0.29) is 6.10 Å². The zero-order chi connectivity index (χ0) is 23.1. The maximum atomic E-state index is 11.6. The average Bonchev–Trinajstić information content (AvgIpc) is 3.11. The van der Waals surface area contributed by atoms with Crippen LogP contribution in [0.3, 0.4) is 0 Å². The van der Waals surface area contributed by atoms with Crippen LogP contribution < -0.4 is 0 Å². The Labute approximate surface area is 197 Å². The van der Waals surface area contributed by atoms with Gasteiger partial charge in [-0.05, 0) is 91.3 Å². The second-order valence-electron chi connectivity index (χ2n) is 12.7. The Hall–Kier alpha value is -0.990. The molecule has 3 fully saturated rings. The predicted molar refractivity (Wildman–Crippen MR) is 130 cm³/mol. The van der Waals surface area contributed by atoms with E-state index in [0.717, 1.165) is 54.8 Å². The van der Waals surface area contributed by atoms with Crippen LogP contribution in [0, 0.1) is 46.3 Å². The largest absolute Gasteiger partial charge is 0.508 e. The van der Waals surface area contributed by atoms with Crippen LogP contribution in [-0.2, 0) is 9.47 Å². The van der Waals surface area contributed by atoms with Crippen LogP contribution in [-0.4, -0.2) is 19.4 Å². The minimum atomic E-state index is -0.527. The molecule has 0 heterocycles. The topological polar surface area (TPSA) is 35.5 Å². The van der Waals surface area contributed by atoms with E-state index in [1.165, 1.54) is 58.5 Å². The van der Waals surface area contributed by atoms with Gasteiger partial charge in [0.15, 0.2) is 0 Å². The van der Waals surface area contributed by atoms with Crippen molar-refractivity contribution in [1.82, 2.24) is 0 Å². The van der Waals surface area contributed by atoms with Gasteiger partial charge in [0.25, 0.3) is 0 Å². The van der Waals surface area contributed by atoms with Crippen molar-refractivity contribution in [3.05, 3.63) is 11.6 Å². The van der Waals surface area contributed by atoms with Gasteiger partial charge in [-0.3, -0.25) is 0 Å². The summed E-state index contributed by atoms with van der Waals surface area (Å²) in [6.07, 6.45) is 16.2. The fourth-order valence-electron chi connectivity index (χ4n) is 8.94. The predicted octanol–water partition coefficient (Wildman–Crippen LogP) is 8.18. The van der Waals surface area contributed by atoms with Gasteiger partial charge in [-0.2, -0.15) is 0 Å². The minimum absolute atomic E-state index is 0.00488. The van der Waals surface area contributed by atoms with Crippen molar-refractivity contribution < 1.29 is 14.3 Å². The van der Waals surface area contributed by atoms with Crippen LogP contribution in [0.2, 0.25) is 0 Å². The summed E-state index contributed by atoms with van der Waals surface area (Å²) >= 11 is 0. The number of rotatable bonds is 6. The van der Waals surface area contributed by atoms with Gasteiger partial charge >= 0.3 is 6.16 Å². The van der Waals surface area contributed by atoms with Crippen LogP contribution in [0.5, 0.6) is 0 Å². The highest BCUT2D eigenvalue weighted by molar-refractivity contribution is 5.59. The van der Waals surface area contributed by atoms with Crippen molar-refractivity contribution in [2.45, 2.75) is 111 Å². The summed E-state index contributed by atoms with van der Waals surface area (Å²) < 4.78 is 10.3. The Kier molecular flexibility index (Phi) is 7.04. The van der Waals surface area contributed by atoms with Crippen LogP contribution in [0.15, 0.2) is 11.6 Å². The average molecular weight is 445 g/mol. The Bertz CT molecular complexity index is 711. The number of ether oxygens (including phenoxy) is 2. The molecule has 182 valence electrons. The van der Waals surface area contributed by atoms with Crippen molar-refractivity contribution in [1.29, 1.82) is 0 Å². The first-order chi connectivity index (χ1) is 15.2. The molecule has 8 atom stereocenters. The molecule has 0 unspecified atom stereocenters. The second-order valence-corrected chi connectivity index (χ2v) is 12.7. The zero-order valence-electron chi connectivity index (χ0n) is 21.6. The summed E-state index contributed by atoms with van der Waals surface area (Å²) in [5.41, 5.74) is 2.42. The molecule has 0 bridgehead atoms. The fourth-order valence-corrected chi connectivity index (χ4v) is 8.94. The maximum Gasteiger partial charge on any atom is 0.508 e. The molecule has 0 amide bonds. The van der Waals surface area contributed by atoms with Crippen LogP contribution >= 0.6 is 0 Å². The first kappa shape index (κ1) is 24.1. The first-order valence-corrected chi connectivity index (χ1v) is 13.6. The van der Waals surface area contributed by atoms with E-state index in [2.05, 4.69) is 40.7 Å². The summed E-state index contributed by atoms with van der Waals surface area (Å²) in [6, 6.07) is 0. The molecule has 0 aliphatic heterocycles. The third-order valence-electron chi connectivity index (χ3n) is 10.7. The molecule has 4 rings (SSSR count). The molecule has 4 aliphatic rings. The van der Waals surface area contributed by atoms with E-state index in [1.54, 1.807) is 5.57 Å². The van der Waals surface area contributed by atoms with Crippen LogP contribution in [0.4, 0.5) is 4.79 Å². The molecule has 3 saturated carbocycles. The van der Waals surface area contributed by atoms with Crippen LogP contribution in [0.25, 0.3) is 0 Å². The van der Waals surface area contributed by atoms with Gasteiger partial charge in [0.1, 0.15) is 6.10 Å². The summed E-state index contributed by atoms with van der Waals surface area (Å²) in [5, 5.41) is 0. The SMILES string of the molecule is COC(=O)O[C@@H]1CC[C@]2(C)C(=CC[C@@H]3[C@H]4CC[C@@H]([C@H](C)CCCC(C)C)[C@@]4(C)CC[C@H]32)C1. The number of carbonyl (C=O) groups is 1. The molecule has 0 aromatic rings. The molecule has 4 aliphatic carbocycles. The Morgan fingerprint density at radius 1 is 1.06 bits per heavy atom. The van der Waals surface area contributed by atoms with Crippen LogP contribution in [0.1, 0.15) is 105 Å². The lowest BCUT2D eigenvalue weighted by atomic mass is 9.47. The molecule has 0 saturated heterocycles. The van der Waals surface area contributed by atoms with Gasteiger partial charge < -0.3 is 9.47 Å². The van der Waals surface area contributed by atoms with E-state index < -0.39 is 6.16 Å². The third kappa shape index (κ3) is 4.27. The summed E-state index contributed by atoms with van der Waals surface area (Å²) in [6.45, 7) is 12.5. The lowest BCUT2D eigenvalue weighted by Crippen LogP contribution is -2.51. The van der Waals surface area contributed by atoms with E-state index in [4.69, 9.17) is 9.47 Å². The molecule has 0 N–H and O–H groups in total. The number of fused-ring (bicyclic) bond motifs is 5. The van der Waals surface area contributed by atoms with E-state index in [0.29, 0.717) is 10.8 Å². The number of carbonyl (C=O) groups excluding carboxylic acids is 1. The molecule has 32 heavy (non-hydrogen) atoms. The van der Waals surface area contributed by atoms with E-state index in [1.807, 2.05) is 0 Å². The number of methoxy groups -OCH3 is 1. The summed E-state index contributed by atoms with van der Waals surface area (Å²) in [5.74, 6) is 5.20. The lowest BCUT2D eigenvalue weighted by Gasteiger charge is -2.58. The summed E-state index contributed by atoms with van der Waals surface area (Å²) in [4.78, 5) is 11.6. The molecule has 0 aromatic carbocycles. The number of hydrogen-bond acceptors (Lipinski definition) is 3. The third-order valence-corrected chi connectivity index (χ3v) is 10.7. The van der Waals surface area contributed by atoms with Gasteiger partial charge in [-0.15, -0.1) is 0 Å². The molecular formula is C29H48O3. The fraction of sp³-hybridized carbons (Fsp3) is 0.897. The van der Waals surface area contributed by atoms with Crippen molar-refractivity contribution in [2.75, 3.05) is 7.11 Å². The molecule has 0 aromatic heterocycles.